The molecular formula is C11H12ClNO2. The fourth-order valence-corrected chi connectivity index (χ4v) is 2.09. The first-order valence-corrected chi connectivity index (χ1v) is 5.20. The van der Waals surface area contributed by atoms with Crippen molar-refractivity contribution in [1.29, 1.82) is 0 Å². The molecule has 4 heteroatoms. The molecule has 2 rings (SSSR count). The number of benzene rings is 1. The SMILES string of the molecule is Cc1ccc(N2CC(O)CC2=O)c(Cl)c1. The summed E-state index contributed by atoms with van der Waals surface area (Å²) in [7, 11) is 0. The largest absolute Gasteiger partial charge is 0.391 e. The van der Waals surface area contributed by atoms with Crippen molar-refractivity contribution in [3.8, 4) is 0 Å². The smallest absolute Gasteiger partial charge is 0.229 e. The third kappa shape index (κ3) is 1.98. The zero-order valence-electron chi connectivity index (χ0n) is 8.40. The van der Waals surface area contributed by atoms with Gasteiger partial charge in [-0.1, -0.05) is 17.7 Å². The van der Waals surface area contributed by atoms with Crippen LogP contribution in [0.5, 0.6) is 0 Å². The molecule has 1 aromatic rings. The van der Waals surface area contributed by atoms with Crippen LogP contribution in [0.2, 0.25) is 5.02 Å². The number of amides is 1. The average Bonchev–Trinajstić information content (AvgIpc) is 2.45. The molecule has 1 aliphatic rings. The quantitative estimate of drug-likeness (QED) is 0.791. The summed E-state index contributed by atoms with van der Waals surface area (Å²) in [4.78, 5) is 13.1. The van der Waals surface area contributed by atoms with E-state index in [4.69, 9.17) is 11.6 Å². The van der Waals surface area contributed by atoms with Crippen molar-refractivity contribution in [3.05, 3.63) is 28.8 Å². The minimum Gasteiger partial charge on any atom is -0.391 e. The van der Waals surface area contributed by atoms with E-state index in [2.05, 4.69) is 0 Å². The summed E-state index contributed by atoms with van der Waals surface area (Å²) in [6.07, 6.45) is -0.389. The standard InChI is InChI=1S/C11H12ClNO2/c1-7-2-3-10(9(12)4-7)13-6-8(14)5-11(13)15/h2-4,8,14H,5-6H2,1H3. The maximum absolute atomic E-state index is 11.5. The minimum atomic E-state index is -0.574. The Kier molecular flexibility index (Phi) is 2.67. The number of anilines is 1. The van der Waals surface area contributed by atoms with Crippen LogP contribution in [0.15, 0.2) is 18.2 Å². The summed E-state index contributed by atoms with van der Waals surface area (Å²) in [5, 5.41) is 9.92. The van der Waals surface area contributed by atoms with Crippen molar-refractivity contribution < 1.29 is 9.90 Å². The normalized spacial score (nSPS) is 21.1. The van der Waals surface area contributed by atoms with Gasteiger partial charge in [-0.15, -0.1) is 0 Å². The highest BCUT2D eigenvalue weighted by Crippen LogP contribution is 2.29. The van der Waals surface area contributed by atoms with Crippen molar-refractivity contribution in [3.63, 3.8) is 0 Å². The molecule has 1 aromatic carbocycles. The lowest BCUT2D eigenvalue weighted by Gasteiger charge is -2.17. The van der Waals surface area contributed by atoms with Gasteiger partial charge in [-0.05, 0) is 24.6 Å². The first-order chi connectivity index (χ1) is 7.08. The number of carbonyl (C=O) groups excluding carboxylic acids is 1. The van der Waals surface area contributed by atoms with Crippen LogP contribution in [0.3, 0.4) is 0 Å². The van der Waals surface area contributed by atoms with Gasteiger partial charge in [-0.3, -0.25) is 4.79 Å². The Morgan fingerprint density at radius 3 is 2.80 bits per heavy atom. The number of aliphatic hydroxyl groups excluding tert-OH is 1. The van der Waals surface area contributed by atoms with Gasteiger partial charge in [0.05, 0.1) is 29.8 Å². The van der Waals surface area contributed by atoms with Crippen LogP contribution >= 0.6 is 11.6 Å². The second-order valence-corrected chi connectivity index (χ2v) is 4.22. The third-order valence-corrected chi connectivity index (χ3v) is 2.80. The molecule has 0 aliphatic carbocycles. The molecule has 1 fully saturated rings. The zero-order chi connectivity index (χ0) is 11.0. The van der Waals surface area contributed by atoms with Crippen molar-refractivity contribution >= 4 is 23.2 Å². The van der Waals surface area contributed by atoms with Gasteiger partial charge in [0.25, 0.3) is 0 Å². The Bertz CT molecular complexity index is 406. The first kappa shape index (κ1) is 10.5. The molecular weight excluding hydrogens is 214 g/mol. The van der Waals surface area contributed by atoms with Gasteiger partial charge in [-0.25, -0.2) is 0 Å². The molecule has 15 heavy (non-hydrogen) atoms. The Labute approximate surface area is 93.3 Å². The van der Waals surface area contributed by atoms with Gasteiger partial charge in [-0.2, -0.15) is 0 Å². The molecule has 1 amide bonds. The summed E-state index contributed by atoms with van der Waals surface area (Å²) < 4.78 is 0. The van der Waals surface area contributed by atoms with E-state index >= 15 is 0 Å². The first-order valence-electron chi connectivity index (χ1n) is 4.82. The maximum Gasteiger partial charge on any atom is 0.229 e. The summed E-state index contributed by atoms with van der Waals surface area (Å²) in [6.45, 7) is 2.28. The molecule has 1 saturated heterocycles. The molecule has 0 aromatic heterocycles. The van der Waals surface area contributed by atoms with E-state index in [0.29, 0.717) is 17.3 Å². The lowest BCUT2D eigenvalue weighted by molar-refractivity contribution is -0.117. The van der Waals surface area contributed by atoms with Gasteiger partial charge in [0.1, 0.15) is 0 Å². The van der Waals surface area contributed by atoms with E-state index in [-0.39, 0.29) is 12.3 Å². The molecule has 1 atom stereocenters. The highest BCUT2D eigenvalue weighted by molar-refractivity contribution is 6.34. The molecule has 1 heterocycles. The molecule has 1 unspecified atom stereocenters. The van der Waals surface area contributed by atoms with Crippen molar-refractivity contribution in [1.82, 2.24) is 0 Å². The molecule has 0 saturated carbocycles. The number of carbonyl (C=O) groups is 1. The van der Waals surface area contributed by atoms with Crippen molar-refractivity contribution in [2.24, 2.45) is 0 Å². The number of hydrogen-bond acceptors (Lipinski definition) is 2. The predicted octanol–water partition coefficient (Wildman–Crippen LogP) is 1.75. The number of rotatable bonds is 1. The second kappa shape index (κ2) is 3.83. The van der Waals surface area contributed by atoms with Crippen LogP contribution in [0.1, 0.15) is 12.0 Å². The minimum absolute atomic E-state index is 0.0757. The van der Waals surface area contributed by atoms with Crippen LogP contribution in [0.4, 0.5) is 5.69 Å². The number of aliphatic hydroxyl groups is 1. The highest BCUT2D eigenvalue weighted by Gasteiger charge is 2.30. The number of hydrogen-bond donors (Lipinski definition) is 1. The van der Waals surface area contributed by atoms with Crippen LogP contribution in [-0.2, 0) is 4.79 Å². The third-order valence-electron chi connectivity index (χ3n) is 2.50. The molecule has 80 valence electrons. The van der Waals surface area contributed by atoms with E-state index in [0.717, 1.165) is 5.56 Å². The number of aryl methyl sites for hydroxylation is 1. The van der Waals surface area contributed by atoms with Gasteiger partial charge >= 0.3 is 0 Å². The van der Waals surface area contributed by atoms with Crippen molar-refractivity contribution in [2.75, 3.05) is 11.4 Å². The summed E-state index contributed by atoms with van der Waals surface area (Å²) in [5.41, 5.74) is 1.74. The zero-order valence-corrected chi connectivity index (χ0v) is 9.16. The Hall–Kier alpha value is -1.06. The number of nitrogens with zero attached hydrogens (tertiary/aromatic N) is 1. The van der Waals surface area contributed by atoms with Crippen LogP contribution in [0, 0.1) is 6.92 Å². The summed E-state index contributed by atoms with van der Waals surface area (Å²) in [6, 6.07) is 5.53. The fourth-order valence-electron chi connectivity index (χ4n) is 1.75. The Balaban J connectivity index is 2.34. The topological polar surface area (TPSA) is 40.5 Å². The Morgan fingerprint density at radius 1 is 1.53 bits per heavy atom. The lowest BCUT2D eigenvalue weighted by Crippen LogP contribution is -2.25. The number of β-amino-alcohol motifs (C(OH)–C–C–N with tert-alkyl or cyclic N) is 1. The van der Waals surface area contributed by atoms with E-state index in [1.165, 1.54) is 4.90 Å². The fraction of sp³-hybridized carbons (Fsp3) is 0.364. The van der Waals surface area contributed by atoms with Crippen molar-refractivity contribution in [2.45, 2.75) is 19.4 Å². The molecule has 0 bridgehead atoms. The Morgan fingerprint density at radius 2 is 2.27 bits per heavy atom. The summed E-state index contributed by atoms with van der Waals surface area (Å²) in [5.74, 6) is -0.0757. The van der Waals surface area contributed by atoms with E-state index in [1.807, 2.05) is 25.1 Å². The van der Waals surface area contributed by atoms with Crippen LogP contribution in [-0.4, -0.2) is 23.7 Å². The van der Waals surface area contributed by atoms with Crippen LogP contribution < -0.4 is 4.90 Å². The maximum atomic E-state index is 11.5. The molecule has 1 N–H and O–H groups in total. The van der Waals surface area contributed by atoms with Crippen LogP contribution in [0.25, 0.3) is 0 Å². The second-order valence-electron chi connectivity index (χ2n) is 3.82. The number of halogens is 1. The average molecular weight is 226 g/mol. The predicted molar refractivity (Wildman–Crippen MR) is 59.2 cm³/mol. The van der Waals surface area contributed by atoms with E-state index < -0.39 is 6.10 Å². The highest BCUT2D eigenvalue weighted by atomic mass is 35.5. The molecule has 3 nitrogen and oxygen atoms in total. The van der Waals surface area contributed by atoms with Gasteiger partial charge in [0.15, 0.2) is 0 Å². The summed E-state index contributed by atoms with van der Waals surface area (Å²) >= 11 is 6.05. The van der Waals surface area contributed by atoms with Gasteiger partial charge in [0, 0.05) is 0 Å². The van der Waals surface area contributed by atoms with Gasteiger partial charge in [0.2, 0.25) is 5.91 Å². The van der Waals surface area contributed by atoms with E-state index in [1.54, 1.807) is 0 Å². The molecule has 1 aliphatic heterocycles. The monoisotopic (exact) mass is 225 g/mol. The molecule has 0 spiro atoms. The lowest BCUT2D eigenvalue weighted by atomic mass is 10.2. The van der Waals surface area contributed by atoms with E-state index in [9.17, 15) is 9.90 Å². The van der Waals surface area contributed by atoms with Gasteiger partial charge < -0.3 is 10.0 Å². The molecule has 0 radical (unpaired) electrons.